The summed E-state index contributed by atoms with van der Waals surface area (Å²) in [6.45, 7) is 2.84. The van der Waals surface area contributed by atoms with E-state index >= 15 is 0 Å². The lowest BCUT2D eigenvalue weighted by Gasteiger charge is -1.94. The zero-order valence-corrected chi connectivity index (χ0v) is 8.11. The zero-order chi connectivity index (χ0) is 8.55. The number of pyridine rings is 1. The van der Waals surface area contributed by atoms with E-state index in [1.165, 1.54) is 0 Å². The Kier molecular flexibility index (Phi) is 1.80. The normalized spacial score (nSPS) is 10.8. The van der Waals surface area contributed by atoms with Crippen LogP contribution in [0.2, 0.25) is 0 Å². The first-order valence-electron chi connectivity index (χ1n) is 3.65. The first kappa shape index (κ1) is 7.67. The molecule has 0 unspecified atom stereocenters. The van der Waals surface area contributed by atoms with Gasteiger partial charge in [-0.15, -0.1) is 5.10 Å². The van der Waals surface area contributed by atoms with Gasteiger partial charge in [-0.05, 0) is 22.9 Å². The van der Waals surface area contributed by atoms with Crippen molar-refractivity contribution in [3.63, 3.8) is 0 Å². The van der Waals surface area contributed by atoms with E-state index in [0.29, 0.717) is 0 Å². The summed E-state index contributed by atoms with van der Waals surface area (Å²) in [5.41, 5.74) is 1.83. The summed E-state index contributed by atoms with van der Waals surface area (Å²) in [5, 5.41) is 7.99. The van der Waals surface area contributed by atoms with Crippen LogP contribution < -0.4 is 0 Å². The van der Waals surface area contributed by atoms with E-state index < -0.39 is 0 Å². The third-order valence-electron chi connectivity index (χ3n) is 1.68. The van der Waals surface area contributed by atoms with E-state index in [9.17, 15) is 0 Å². The highest BCUT2D eigenvalue weighted by molar-refractivity contribution is 9.10. The summed E-state index contributed by atoms with van der Waals surface area (Å²) >= 11 is 3.36. The maximum atomic E-state index is 4.05. The predicted molar refractivity (Wildman–Crippen MR) is 48.7 cm³/mol. The third kappa shape index (κ3) is 1.01. The van der Waals surface area contributed by atoms with Crippen LogP contribution in [0, 0.1) is 0 Å². The van der Waals surface area contributed by atoms with Crippen LogP contribution in [-0.4, -0.2) is 20.0 Å². The molecule has 0 amide bonds. The second-order valence-corrected chi connectivity index (χ2v) is 3.25. The van der Waals surface area contributed by atoms with Crippen molar-refractivity contribution in [2.75, 3.05) is 0 Å². The first-order chi connectivity index (χ1) is 5.83. The molecule has 0 saturated carbocycles. The lowest BCUT2D eigenvalue weighted by atomic mass is 10.4. The Morgan fingerprint density at radius 3 is 3.08 bits per heavy atom. The smallest absolute Gasteiger partial charge is 0.130 e. The molecule has 5 heteroatoms. The zero-order valence-electron chi connectivity index (χ0n) is 6.53. The molecule has 2 heterocycles. The highest BCUT2D eigenvalue weighted by Crippen LogP contribution is 2.19. The molecule has 0 atom stereocenters. The van der Waals surface area contributed by atoms with E-state index in [2.05, 4.69) is 31.2 Å². The number of hydrogen-bond acceptors (Lipinski definition) is 3. The molecule has 4 nitrogen and oxygen atoms in total. The van der Waals surface area contributed by atoms with Crippen molar-refractivity contribution >= 4 is 27.0 Å². The minimum atomic E-state index is 0.814. The molecule has 0 spiro atoms. The molecule has 0 aliphatic rings. The average molecular weight is 227 g/mol. The maximum Gasteiger partial charge on any atom is 0.130 e. The molecule has 0 saturated heterocycles. The van der Waals surface area contributed by atoms with Crippen LogP contribution in [0.1, 0.15) is 6.92 Å². The molecule has 0 bridgehead atoms. The van der Waals surface area contributed by atoms with Gasteiger partial charge in [0.1, 0.15) is 11.0 Å². The monoisotopic (exact) mass is 226 g/mol. The number of fused-ring (bicyclic) bond motifs is 1. The van der Waals surface area contributed by atoms with Crippen molar-refractivity contribution < 1.29 is 0 Å². The molecule has 0 aromatic carbocycles. The summed E-state index contributed by atoms with van der Waals surface area (Å²) in [6.07, 6.45) is 3.49. The van der Waals surface area contributed by atoms with Gasteiger partial charge in [0, 0.05) is 12.7 Å². The van der Waals surface area contributed by atoms with E-state index in [-0.39, 0.29) is 0 Å². The van der Waals surface area contributed by atoms with Crippen LogP contribution in [0.5, 0.6) is 0 Å². The van der Waals surface area contributed by atoms with E-state index in [4.69, 9.17) is 0 Å². The molecule has 0 N–H and O–H groups in total. The van der Waals surface area contributed by atoms with E-state index in [1.807, 2.05) is 11.6 Å². The van der Waals surface area contributed by atoms with Crippen LogP contribution in [0.25, 0.3) is 11.0 Å². The molecular weight excluding hydrogens is 220 g/mol. The van der Waals surface area contributed by atoms with Crippen LogP contribution >= 0.6 is 15.9 Å². The summed E-state index contributed by atoms with van der Waals surface area (Å²) < 4.78 is 2.70. The van der Waals surface area contributed by atoms with Gasteiger partial charge in [0.05, 0.1) is 10.7 Å². The van der Waals surface area contributed by atoms with Gasteiger partial charge >= 0.3 is 0 Å². The number of rotatable bonds is 1. The molecule has 62 valence electrons. The van der Waals surface area contributed by atoms with Crippen molar-refractivity contribution in [1.29, 1.82) is 0 Å². The number of halogens is 1. The van der Waals surface area contributed by atoms with E-state index in [1.54, 1.807) is 12.4 Å². The molecule has 0 aliphatic carbocycles. The molecule has 2 aromatic rings. The van der Waals surface area contributed by atoms with Crippen LogP contribution in [0.4, 0.5) is 0 Å². The fourth-order valence-corrected chi connectivity index (χ4v) is 1.49. The van der Waals surface area contributed by atoms with Gasteiger partial charge in [0.15, 0.2) is 0 Å². The average Bonchev–Trinajstić information content (AvgIpc) is 2.49. The van der Waals surface area contributed by atoms with Crippen molar-refractivity contribution in [1.82, 2.24) is 20.0 Å². The van der Waals surface area contributed by atoms with Gasteiger partial charge < -0.3 is 0 Å². The Balaban J connectivity index is 2.80. The largest absolute Gasteiger partial charge is 0.261 e. The predicted octanol–water partition coefficient (Wildman–Crippen LogP) is 1.61. The van der Waals surface area contributed by atoms with Gasteiger partial charge in [-0.25, -0.2) is 4.68 Å². The minimum Gasteiger partial charge on any atom is -0.261 e. The highest BCUT2D eigenvalue weighted by atomic mass is 79.9. The third-order valence-corrected chi connectivity index (χ3v) is 2.26. The summed E-state index contributed by atoms with van der Waals surface area (Å²) in [6, 6.07) is 0. The molecule has 2 aromatic heterocycles. The second kappa shape index (κ2) is 2.82. The highest BCUT2D eigenvalue weighted by Gasteiger charge is 2.05. The molecule has 0 radical (unpaired) electrons. The Labute approximate surface area is 77.7 Å². The lowest BCUT2D eigenvalue weighted by Crippen LogP contribution is -1.95. The maximum absolute atomic E-state index is 4.05. The molecule has 2 rings (SSSR count). The Hall–Kier alpha value is -0.970. The first-order valence-corrected chi connectivity index (χ1v) is 4.45. The van der Waals surface area contributed by atoms with Crippen molar-refractivity contribution in [2.24, 2.45) is 0 Å². The van der Waals surface area contributed by atoms with Crippen LogP contribution in [0.15, 0.2) is 16.9 Å². The molecule has 0 aliphatic heterocycles. The van der Waals surface area contributed by atoms with Crippen molar-refractivity contribution in [3.8, 4) is 0 Å². The quantitative estimate of drug-likeness (QED) is 0.743. The SMILES string of the molecule is CCn1nnc2c(Br)cncc21. The van der Waals surface area contributed by atoms with Gasteiger partial charge in [-0.3, -0.25) is 4.98 Å². The molecule has 12 heavy (non-hydrogen) atoms. The fraction of sp³-hybridized carbons (Fsp3) is 0.286. The summed E-state index contributed by atoms with van der Waals surface area (Å²) in [4.78, 5) is 4.05. The second-order valence-electron chi connectivity index (χ2n) is 2.39. The van der Waals surface area contributed by atoms with Crippen molar-refractivity contribution in [3.05, 3.63) is 16.9 Å². The Morgan fingerprint density at radius 2 is 2.33 bits per heavy atom. The summed E-state index contributed by atoms with van der Waals surface area (Å²) in [7, 11) is 0. The van der Waals surface area contributed by atoms with Gasteiger partial charge in [-0.2, -0.15) is 0 Å². The minimum absolute atomic E-state index is 0.814. The number of nitrogens with zero attached hydrogens (tertiary/aromatic N) is 4. The molecular formula is C7H7BrN4. The number of aryl methyl sites for hydroxylation is 1. The summed E-state index contributed by atoms with van der Waals surface area (Å²) in [5.74, 6) is 0. The Bertz CT molecular complexity index is 409. The lowest BCUT2D eigenvalue weighted by molar-refractivity contribution is 0.646. The standard InChI is InChI=1S/C7H7BrN4/c1-2-12-6-4-9-3-5(8)7(6)10-11-12/h3-4H,2H2,1H3. The van der Waals surface area contributed by atoms with Gasteiger partial charge in [0.25, 0.3) is 0 Å². The van der Waals surface area contributed by atoms with Crippen LogP contribution in [0.3, 0.4) is 0 Å². The van der Waals surface area contributed by atoms with Gasteiger partial charge in [-0.1, -0.05) is 5.21 Å². The Morgan fingerprint density at radius 1 is 1.50 bits per heavy atom. The van der Waals surface area contributed by atoms with Crippen LogP contribution in [-0.2, 0) is 6.54 Å². The number of hydrogen-bond donors (Lipinski definition) is 0. The van der Waals surface area contributed by atoms with Gasteiger partial charge in [0.2, 0.25) is 0 Å². The fourth-order valence-electron chi connectivity index (χ4n) is 1.09. The number of aromatic nitrogens is 4. The topological polar surface area (TPSA) is 43.6 Å². The van der Waals surface area contributed by atoms with Crippen molar-refractivity contribution in [2.45, 2.75) is 13.5 Å². The molecule has 0 fully saturated rings. The van der Waals surface area contributed by atoms with E-state index in [0.717, 1.165) is 22.1 Å².